The van der Waals surface area contributed by atoms with Crippen LogP contribution in [0, 0.1) is 5.82 Å². The fraction of sp³-hybridized carbons (Fsp3) is 0.200. The van der Waals surface area contributed by atoms with Crippen LogP contribution in [-0.4, -0.2) is 28.8 Å². The maximum atomic E-state index is 14.5. The maximum absolute atomic E-state index is 14.5. The first-order valence-electron chi connectivity index (χ1n) is 10.2. The Morgan fingerprint density at radius 2 is 1.69 bits per heavy atom. The number of hydrogen-bond acceptors (Lipinski definition) is 5. The van der Waals surface area contributed by atoms with E-state index < -0.39 is 12.1 Å². The Hall–Kier alpha value is -3.71. The van der Waals surface area contributed by atoms with Crippen LogP contribution in [0.25, 0.3) is 11.1 Å². The number of fused-ring (bicyclic) bond motifs is 1. The predicted octanol–water partition coefficient (Wildman–Crippen LogP) is 4.75. The second-order valence-corrected chi connectivity index (χ2v) is 7.51. The molecule has 1 aliphatic rings. The van der Waals surface area contributed by atoms with Gasteiger partial charge in [-0.25, -0.2) is 9.18 Å². The molecule has 7 heteroatoms. The smallest absolute Gasteiger partial charge is 0.481 e. The molecular weight excluding hydrogens is 413 g/mol. The summed E-state index contributed by atoms with van der Waals surface area (Å²) in [6.07, 6.45) is -0.627. The molecule has 32 heavy (non-hydrogen) atoms. The average Bonchev–Trinajstić information content (AvgIpc) is 2.79. The van der Waals surface area contributed by atoms with Crippen molar-refractivity contribution in [2.75, 3.05) is 6.54 Å². The van der Waals surface area contributed by atoms with Crippen molar-refractivity contribution < 1.29 is 28.7 Å². The number of hydroxylamine groups is 2. The first kappa shape index (κ1) is 21.5. The van der Waals surface area contributed by atoms with Crippen molar-refractivity contribution in [1.82, 2.24) is 5.06 Å². The second-order valence-electron chi connectivity index (χ2n) is 7.51. The Morgan fingerprint density at radius 1 is 0.938 bits per heavy atom. The third-order valence-electron chi connectivity index (χ3n) is 5.37. The van der Waals surface area contributed by atoms with Crippen LogP contribution in [0.2, 0.25) is 0 Å². The van der Waals surface area contributed by atoms with E-state index >= 15 is 0 Å². The molecule has 0 spiro atoms. The fourth-order valence-electron chi connectivity index (χ4n) is 3.89. The summed E-state index contributed by atoms with van der Waals surface area (Å²) in [7, 11) is 0. The van der Waals surface area contributed by atoms with Crippen LogP contribution in [-0.2, 0) is 40.4 Å². The highest BCUT2D eigenvalue weighted by Gasteiger charge is 2.26. The van der Waals surface area contributed by atoms with Gasteiger partial charge in [0.05, 0.1) is 13.0 Å². The van der Waals surface area contributed by atoms with Gasteiger partial charge in [-0.05, 0) is 45.9 Å². The van der Waals surface area contributed by atoms with Crippen molar-refractivity contribution in [3.8, 4) is 11.1 Å². The van der Waals surface area contributed by atoms with Crippen LogP contribution in [0.1, 0.15) is 22.3 Å². The van der Waals surface area contributed by atoms with Crippen LogP contribution in [0.4, 0.5) is 9.18 Å². The summed E-state index contributed by atoms with van der Waals surface area (Å²) >= 11 is 0. The molecule has 0 unspecified atom stereocenters. The summed E-state index contributed by atoms with van der Waals surface area (Å²) < 4.78 is 19.7. The zero-order chi connectivity index (χ0) is 22.5. The summed E-state index contributed by atoms with van der Waals surface area (Å²) in [6.45, 7) is 0.585. The third-order valence-corrected chi connectivity index (χ3v) is 5.37. The Kier molecular flexibility index (Phi) is 6.47. The number of nitrogens with zero attached hydrogens (tertiary/aromatic N) is 1. The summed E-state index contributed by atoms with van der Waals surface area (Å²) in [5.41, 5.74) is 4.14. The van der Waals surface area contributed by atoms with Gasteiger partial charge in [-0.2, -0.15) is 0 Å². The Morgan fingerprint density at radius 3 is 2.47 bits per heavy atom. The highest BCUT2D eigenvalue weighted by molar-refractivity contribution is 5.78. The molecule has 3 aromatic carbocycles. The van der Waals surface area contributed by atoms with Gasteiger partial charge < -0.3 is 14.7 Å². The molecule has 4 rings (SSSR count). The zero-order valence-electron chi connectivity index (χ0n) is 17.3. The molecule has 164 valence electrons. The van der Waals surface area contributed by atoms with Gasteiger partial charge >= 0.3 is 12.1 Å². The summed E-state index contributed by atoms with van der Waals surface area (Å²) in [4.78, 5) is 28.8. The molecule has 0 radical (unpaired) electrons. The lowest BCUT2D eigenvalue weighted by Gasteiger charge is -2.29. The summed E-state index contributed by atoms with van der Waals surface area (Å²) in [6, 6.07) is 19.5. The number of halogens is 1. The molecule has 1 heterocycles. The molecule has 0 saturated carbocycles. The Labute approximate surface area is 184 Å². The van der Waals surface area contributed by atoms with Gasteiger partial charge in [0.1, 0.15) is 12.4 Å². The normalized spacial score (nSPS) is 13.3. The first-order chi connectivity index (χ1) is 15.5. The first-order valence-corrected chi connectivity index (χ1v) is 10.2. The van der Waals surface area contributed by atoms with E-state index in [0.29, 0.717) is 29.7 Å². The van der Waals surface area contributed by atoms with Crippen molar-refractivity contribution >= 4 is 12.1 Å². The van der Waals surface area contributed by atoms with Crippen molar-refractivity contribution in [3.05, 3.63) is 94.8 Å². The fourth-order valence-corrected chi connectivity index (χ4v) is 3.89. The minimum absolute atomic E-state index is 0.0898. The van der Waals surface area contributed by atoms with E-state index in [-0.39, 0.29) is 25.4 Å². The van der Waals surface area contributed by atoms with Gasteiger partial charge in [0.15, 0.2) is 0 Å². The average molecular weight is 435 g/mol. The van der Waals surface area contributed by atoms with Gasteiger partial charge in [0, 0.05) is 6.54 Å². The maximum Gasteiger partial charge on any atom is 0.528 e. The minimum Gasteiger partial charge on any atom is -0.481 e. The molecular formula is C25H22FNO5. The molecule has 6 nitrogen and oxygen atoms in total. The molecule has 0 amide bonds. The lowest BCUT2D eigenvalue weighted by atomic mass is 9.88. The standard InChI is InChI=1S/C25H22FNO5/c26-23-11-10-20(19-9-5-4-8-18(19)14-24(28)29)22-15-27(13-12-21(22)23)32-25(30)31-16-17-6-2-1-3-7-17/h1-11H,12-16H2,(H,28,29). The van der Waals surface area contributed by atoms with Gasteiger partial charge in [-0.15, -0.1) is 5.06 Å². The number of aliphatic carboxylic acids is 1. The number of rotatable bonds is 6. The number of carbonyl (C=O) groups excluding carboxylic acids is 1. The van der Waals surface area contributed by atoms with Crippen molar-refractivity contribution in [1.29, 1.82) is 0 Å². The monoisotopic (exact) mass is 435 g/mol. The van der Waals surface area contributed by atoms with Gasteiger partial charge in [0.25, 0.3) is 0 Å². The van der Waals surface area contributed by atoms with Gasteiger partial charge in [-0.3, -0.25) is 4.79 Å². The molecule has 1 N–H and O–H groups in total. The van der Waals surface area contributed by atoms with E-state index in [1.165, 1.54) is 11.1 Å². The molecule has 0 fully saturated rings. The van der Waals surface area contributed by atoms with Gasteiger partial charge in [0.2, 0.25) is 0 Å². The SMILES string of the molecule is O=C(O)Cc1ccccc1-c1ccc(F)c2c1CN(OC(=O)OCc1ccccc1)CC2. The highest BCUT2D eigenvalue weighted by atomic mass is 19.1. The molecule has 1 aliphatic heterocycles. The molecule has 0 aromatic heterocycles. The van der Waals surface area contributed by atoms with E-state index in [0.717, 1.165) is 16.7 Å². The second kappa shape index (κ2) is 9.62. The minimum atomic E-state index is -0.945. The molecule has 0 aliphatic carbocycles. The Bertz CT molecular complexity index is 1130. The number of carbonyl (C=O) groups is 2. The molecule has 0 atom stereocenters. The van der Waals surface area contributed by atoms with E-state index in [9.17, 15) is 19.1 Å². The summed E-state index contributed by atoms with van der Waals surface area (Å²) in [5.74, 6) is -1.27. The number of benzene rings is 3. The Balaban J connectivity index is 1.53. The lowest BCUT2D eigenvalue weighted by molar-refractivity contribution is -0.139. The van der Waals surface area contributed by atoms with E-state index in [1.54, 1.807) is 18.2 Å². The number of ether oxygens (including phenoxy) is 1. The van der Waals surface area contributed by atoms with Crippen molar-refractivity contribution in [2.24, 2.45) is 0 Å². The van der Waals surface area contributed by atoms with Crippen molar-refractivity contribution in [2.45, 2.75) is 26.0 Å². The molecule has 0 bridgehead atoms. The van der Waals surface area contributed by atoms with E-state index in [4.69, 9.17) is 9.57 Å². The number of carboxylic acid groups (broad SMARTS) is 1. The van der Waals surface area contributed by atoms with Crippen LogP contribution >= 0.6 is 0 Å². The van der Waals surface area contributed by atoms with Crippen LogP contribution in [0.15, 0.2) is 66.7 Å². The van der Waals surface area contributed by atoms with Crippen LogP contribution in [0.5, 0.6) is 0 Å². The molecule has 0 saturated heterocycles. The highest BCUT2D eigenvalue weighted by Crippen LogP contribution is 2.34. The number of carboxylic acids is 1. The third kappa shape index (κ3) is 4.95. The van der Waals surface area contributed by atoms with Gasteiger partial charge in [-0.1, -0.05) is 60.7 Å². The van der Waals surface area contributed by atoms with E-state index in [1.807, 2.05) is 42.5 Å². The largest absolute Gasteiger partial charge is 0.528 e. The quantitative estimate of drug-likeness (QED) is 0.564. The topological polar surface area (TPSA) is 76.1 Å². The predicted molar refractivity (Wildman–Crippen MR) is 115 cm³/mol. The van der Waals surface area contributed by atoms with Crippen LogP contribution in [0.3, 0.4) is 0 Å². The summed E-state index contributed by atoms with van der Waals surface area (Å²) in [5, 5.41) is 10.7. The number of hydrogen-bond donors (Lipinski definition) is 1. The van der Waals surface area contributed by atoms with E-state index in [2.05, 4.69) is 0 Å². The lowest BCUT2D eigenvalue weighted by Crippen LogP contribution is -2.34. The van der Waals surface area contributed by atoms with Crippen LogP contribution < -0.4 is 0 Å². The zero-order valence-corrected chi connectivity index (χ0v) is 17.3. The molecule has 3 aromatic rings. The van der Waals surface area contributed by atoms with Crippen molar-refractivity contribution in [3.63, 3.8) is 0 Å².